The molecule has 0 saturated heterocycles. The Morgan fingerprint density at radius 3 is 2.55 bits per heavy atom. The Bertz CT molecular complexity index is 1230. The van der Waals surface area contributed by atoms with E-state index >= 15 is 0 Å². The second kappa shape index (κ2) is 11.4. The Morgan fingerprint density at radius 1 is 1.09 bits per heavy atom. The number of nitrogens with one attached hydrogen (secondary N) is 2. The summed E-state index contributed by atoms with van der Waals surface area (Å²) in [5.41, 5.74) is 1.98. The fourth-order valence-corrected chi connectivity index (χ4v) is 3.74. The Balaban J connectivity index is 1.44. The van der Waals surface area contributed by atoms with Crippen molar-refractivity contribution in [2.45, 2.75) is 39.2 Å². The minimum absolute atomic E-state index is 0.0818. The molecular weight excluding hydrogens is 440 g/mol. The fourth-order valence-electron chi connectivity index (χ4n) is 3.45. The minimum Gasteiger partial charge on any atom is -0.449 e. The Kier molecular flexibility index (Phi) is 8.37. The van der Waals surface area contributed by atoms with E-state index in [1.807, 2.05) is 18.2 Å². The number of anilines is 2. The zero-order chi connectivity index (χ0) is 23.8. The first kappa shape index (κ1) is 24.2. The van der Waals surface area contributed by atoms with E-state index in [0.717, 1.165) is 18.4 Å². The molecule has 0 aliphatic heterocycles. The molecule has 0 fully saturated rings. The van der Waals surface area contributed by atoms with Crippen LogP contribution in [0.25, 0.3) is 10.9 Å². The Hall–Kier alpha value is -3.46. The number of fused-ring (bicyclic) bond motifs is 1. The molecule has 0 atom stereocenters. The van der Waals surface area contributed by atoms with Crippen LogP contribution in [0, 0.1) is 4.77 Å². The van der Waals surface area contributed by atoms with Crippen LogP contribution in [-0.2, 0) is 16.1 Å². The van der Waals surface area contributed by atoms with Crippen LogP contribution in [0.3, 0.4) is 0 Å². The van der Waals surface area contributed by atoms with Gasteiger partial charge in [-0.1, -0.05) is 18.6 Å². The molecule has 0 unspecified atom stereocenters. The standard InChI is InChI=1S/C24H28N4O4S/c1-3-32-24(31)27(2)18-14-12-17(13-15-18)25-21(29)11-5-4-8-16-28-22(30)19-9-6-7-10-20(19)26-23(28)33/h6-7,9-10,12-15H,3-5,8,11,16H2,1-2H3,(H,25,29)(H,26,33). The van der Waals surface area contributed by atoms with Gasteiger partial charge in [-0.05, 0) is 68.4 Å². The molecule has 0 saturated carbocycles. The van der Waals surface area contributed by atoms with E-state index < -0.39 is 6.09 Å². The van der Waals surface area contributed by atoms with Gasteiger partial charge < -0.3 is 15.0 Å². The molecule has 1 aromatic heterocycles. The van der Waals surface area contributed by atoms with Crippen LogP contribution in [0.4, 0.5) is 16.2 Å². The normalized spacial score (nSPS) is 10.7. The van der Waals surface area contributed by atoms with Crippen LogP contribution in [0.2, 0.25) is 0 Å². The van der Waals surface area contributed by atoms with Gasteiger partial charge in [0.1, 0.15) is 0 Å². The molecule has 3 aromatic rings. The summed E-state index contributed by atoms with van der Waals surface area (Å²) in [5, 5.41) is 3.47. The Labute approximate surface area is 197 Å². The number of unbranched alkanes of at least 4 members (excludes halogenated alkanes) is 2. The number of hydrogen-bond donors (Lipinski definition) is 2. The molecule has 0 spiro atoms. The maximum atomic E-state index is 12.6. The third kappa shape index (κ3) is 6.29. The van der Waals surface area contributed by atoms with Gasteiger partial charge in [0, 0.05) is 31.4 Å². The number of aromatic amines is 1. The van der Waals surface area contributed by atoms with Crippen LogP contribution in [0.5, 0.6) is 0 Å². The maximum absolute atomic E-state index is 12.6. The third-order valence-corrected chi connectivity index (χ3v) is 5.58. The molecule has 0 bridgehead atoms. The molecule has 2 aromatic carbocycles. The molecule has 9 heteroatoms. The first-order valence-electron chi connectivity index (χ1n) is 10.9. The Morgan fingerprint density at radius 2 is 1.82 bits per heavy atom. The molecule has 8 nitrogen and oxygen atoms in total. The van der Waals surface area contributed by atoms with E-state index in [0.29, 0.717) is 47.5 Å². The number of amides is 2. The second-order valence-electron chi connectivity index (χ2n) is 7.60. The molecule has 2 amide bonds. The third-order valence-electron chi connectivity index (χ3n) is 5.25. The number of aromatic nitrogens is 2. The van der Waals surface area contributed by atoms with E-state index in [-0.39, 0.29) is 11.5 Å². The van der Waals surface area contributed by atoms with E-state index in [9.17, 15) is 14.4 Å². The molecule has 174 valence electrons. The van der Waals surface area contributed by atoms with Gasteiger partial charge in [-0.25, -0.2) is 4.79 Å². The number of para-hydroxylation sites is 1. The molecule has 3 rings (SSSR count). The fraction of sp³-hybridized carbons (Fsp3) is 0.333. The van der Waals surface area contributed by atoms with Gasteiger partial charge in [-0.15, -0.1) is 0 Å². The number of ether oxygens (including phenoxy) is 1. The summed E-state index contributed by atoms with van der Waals surface area (Å²) in [6.45, 7) is 2.57. The van der Waals surface area contributed by atoms with Crippen molar-refractivity contribution < 1.29 is 14.3 Å². The molecule has 1 heterocycles. The van der Waals surface area contributed by atoms with E-state index in [2.05, 4.69) is 10.3 Å². The first-order chi connectivity index (χ1) is 15.9. The second-order valence-corrected chi connectivity index (χ2v) is 7.98. The molecular formula is C24H28N4O4S. The van der Waals surface area contributed by atoms with Crippen LogP contribution < -0.4 is 15.8 Å². The van der Waals surface area contributed by atoms with Crippen molar-refractivity contribution in [2.75, 3.05) is 23.9 Å². The lowest BCUT2D eigenvalue weighted by atomic mass is 10.1. The van der Waals surface area contributed by atoms with Gasteiger partial charge in [0.25, 0.3) is 5.56 Å². The SMILES string of the molecule is CCOC(=O)N(C)c1ccc(NC(=O)CCCCCn2c(=S)[nH]c3ccccc3c2=O)cc1. The highest BCUT2D eigenvalue weighted by atomic mass is 32.1. The number of H-pyrrole nitrogens is 1. The molecule has 0 aliphatic rings. The number of nitrogens with zero attached hydrogens (tertiary/aromatic N) is 2. The van der Waals surface area contributed by atoms with Crippen LogP contribution in [-0.4, -0.2) is 35.2 Å². The number of rotatable bonds is 9. The van der Waals surface area contributed by atoms with Gasteiger partial charge in [-0.2, -0.15) is 0 Å². The number of benzene rings is 2. The number of hydrogen-bond acceptors (Lipinski definition) is 5. The predicted octanol–water partition coefficient (Wildman–Crippen LogP) is 4.85. The summed E-state index contributed by atoms with van der Waals surface area (Å²) in [6, 6.07) is 14.3. The lowest BCUT2D eigenvalue weighted by molar-refractivity contribution is -0.116. The van der Waals surface area contributed by atoms with Gasteiger partial charge in [0.2, 0.25) is 5.91 Å². The van der Waals surface area contributed by atoms with Crippen molar-refractivity contribution in [1.29, 1.82) is 0 Å². The highest BCUT2D eigenvalue weighted by Gasteiger charge is 2.11. The monoisotopic (exact) mass is 468 g/mol. The van der Waals surface area contributed by atoms with Gasteiger partial charge >= 0.3 is 6.09 Å². The van der Waals surface area contributed by atoms with Crippen molar-refractivity contribution in [1.82, 2.24) is 9.55 Å². The lowest BCUT2D eigenvalue weighted by Crippen LogP contribution is -2.26. The largest absolute Gasteiger partial charge is 0.449 e. The summed E-state index contributed by atoms with van der Waals surface area (Å²) in [4.78, 5) is 41.2. The highest BCUT2D eigenvalue weighted by Crippen LogP contribution is 2.18. The lowest BCUT2D eigenvalue weighted by Gasteiger charge is -2.17. The van der Waals surface area contributed by atoms with Crippen LogP contribution in [0.1, 0.15) is 32.6 Å². The minimum atomic E-state index is -0.429. The van der Waals surface area contributed by atoms with Crippen molar-refractivity contribution >= 4 is 46.5 Å². The average Bonchev–Trinajstić information content (AvgIpc) is 2.81. The zero-order valence-electron chi connectivity index (χ0n) is 18.8. The summed E-state index contributed by atoms with van der Waals surface area (Å²) in [6.07, 6.45) is 2.20. The topological polar surface area (TPSA) is 96.4 Å². The summed E-state index contributed by atoms with van der Waals surface area (Å²) in [7, 11) is 1.63. The van der Waals surface area contributed by atoms with E-state index in [4.69, 9.17) is 17.0 Å². The van der Waals surface area contributed by atoms with Crippen LogP contribution in [0.15, 0.2) is 53.3 Å². The highest BCUT2D eigenvalue weighted by molar-refractivity contribution is 7.71. The van der Waals surface area contributed by atoms with Crippen molar-refractivity contribution in [2.24, 2.45) is 0 Å². The molecule has 0 aliphatic carbocycles. The summed E-state index contributed by atoms with van der Waals surface area (Å²) < 4.78 is 6.95. The van der Waals surface area contributed by atoms with E-state index in [1.165, 1.54) is 4.90 Å². The van der Waals surface area contributed by atoms with Crippen LogP contribution >= 0.6 is 12.2 Å². The molecule has 2 N–H and O–H groups in total. The quantitative estimate of drug-likeness (QED) is 0.346. The number of carbonyl (C=O) groups excluding carboxylic acids is 2. The average molecular weight is 469 g/mol. The molecule has 0 radical (unpaired) electrons. The van der Waals surface area contributed by atoms with Crippen molar-refractivity contribution in [3.8, 4) is 0 Å². The first-order valence-corrected chi connectivity index (χ1v) is 11.3. The zero-order valence-corrected chi connectivity index (χ0v) is 19.6. The smallest absolute Gasteiger partial charge is 0.413 e. The maximum Gasteiger partial charge on any atom is 0.413 e. The van der Waals surface area contributed by atoms with E-state index in [1.54, 1.807) is 48.9 Å². The van der Waals surface area contributed by atoms with Crippen molar-refractivity contribution in [3.63, 3.8) is 0 Å². The van der Waals surface area contributed by atoms with Crippen molar-refractivity contribution in [3.05, 3.63) is 63.7 Å². The summed E-state index contributed by atoms with van der Waals surface area (Å²) in [5.74, 6) is -0.0818. The summed E-state index contributed by atoms with van der Waals surface area (Å²) >= 11 is 5.33. The number of carbonyl (C=O) groups is 2. The van der Waals surface area contributed by atoms with Gasteiger partial charge in [0.15, 0.2) is 4.77 Å². The molecule has 33 heavy (non-hydrogen) atoms. The van der Waals surface area contributed by atoms with Gasteiger partial charge in [0.05, 0.1) is 17.5 Å². The predicted molar refractivity (Wildman–Crippen MR) is 132 cm³/mol. The van der Waals surface area contributed by atoms with Gasteiger partial charge in [-0.3, -0.25) is 19.1 Å².